The first-order valence-electron chi connectivity index (χ1n) is 3.90. The summed E-state index contributed by atoms with van der Waals surface area (Å²) in [5, 5.41) is 3.23. The second-order valence-electron chi connectivity index (χ2n) is 2.43. The van der Waals surface area contributed by atoms with Gasteiger partial charge in [0.15, 0.2) is 7.98 Å². The minimum Gasteiger partial charge on any atom is -0.348 e. The Morgan fingerprint density at radius 3 is 2.70 bits per heavy atom. The molecule has 10 heavy (non-hydrogen) atoms. The molecule has 0 rings (SSSR count). The lowest BCUT2D eigenvalue weighted by Crippen LogP contribution is -2.32. The van der Waals surface area contributed by atoms with Crippen LogP contribution in [0.1, 0.15) is 6.92 Å². The molecule has 0 heterocycles. The zero-order valence-corrected chi connectivity index (χ0v) is 7.06. The van der Waals surface area contributed by atoms with Gasteiger partial charge in [0, 0.05) is 19.6 Å². The van der Waals surface area contributed by atoms with Crippen molar-refractivity contribution < 1.29 is 0 Å². The van der Waals surface area contributed by atoms with E-state index in [0.717, 1.165) is 32.7 Å². The average Bonchev–Trinajstić information content (AvgIpc) is 1.98. The Morgan fingerprint density at radius 1 is 1.50 bits per heavy atom. The van der Waals surface area contributed by atoms with E-state index in [-0.39, 0.29) is 0 Å². The van der Waals surface area contributed by atoms with Crippen molar-refractivity contribution in [3.05, 3.63) is 0 Å². The van der Waals surface area contributed by atoms with Gasteiger partial charge < -0.3 is 15.9 Å². The molecule has 0 radical (unpaired) electrons. The molecular weight excluding hydrogens is 125 g/mol. The van der Waals surface area contributed by atoms with E-state index in [0.29, 0.717) is 0 Å². The van der Waals surface area contributed by atoms with E-state index in [1.807, 2.05) is 0 Å². The lowest BCUT2D eigenvalue weighted by atomic mass is 10.3. The van der Waals surface area contributed by atoms with Crippen molar-refractivity contribution in [1.82, 2.24) is 10.1 Å². The lowest BCUT2D eigenvalue weighted by Gasteiger charge is -2.13. The summed E-state index contributed by atoms with van der Waals surface area (Å²) in [5.74, 6) is 0. The first-order chi connectivity index (χ1) is 4.81. The van der Waals surface area contributed by atoms with E-state index in [2.05, 4.69) is 25.0 Å². The van der Waals surface area contributed by atoms with Crippen LogP contribution in [0.4, 0.5) is 0 Å². The molecule has 60 valence electrons. The summed E-state index contributed by atoms with van der Waals surface area (Å²) in [5.41, 5.74) is 5.30. The highest BCUT2D eigenvalue weighted by atomic mass is 15.0. The molecule has 3 nitrogen and oxygen atoms in total. The molecule has 0 aromatic rings. The number of nitrogens with one attached hydrogen (secondary N) is 1. The summed E-state index contributed by atoms with van der Waals surface area (Å²) in [6.07, 6.45) is 0. The maximum absolute atomic E-state index is 5.30. The van der Waals surface area contributed by atoms with Crippen LogP contribution >= 0.6 is 0 Å². The molecule has 0 saturated heterocycles. The fourth-order valence-electron chi connectivity index (χ4n) is 0.655. The van der Waals surface area contributed by atoms with Crippen LogP contribution in [0.25, 0.3) is 0 Å². The highest BCUT2D eigenvalue weighted by Gasteiger charge is 1.91. The monoisotopic (exact) mass is 143 g/mol. The summed E-state index contributed by atoms with van der Waals surface area (Å²) in [4.78, 5) is 2.27. The largest absolute Gasteiger partial charge is 0.348 e. The topological polar surface area (TPSA) is 41.3 Å². The Hall–Kier alpha value is -0.0551. The van der Waals surface area contributed by atoms with E-state index >= 15 is 0 Å². The Morgan fingerprint density at radius 2 is 2.20 bits per heavy atom. The molecule has 3 N–H and O–H groups in total. The molecule has 0 aliphatic heterocycles. The van der Waals surface area contributed by atoms with Crippen molar-refractivity contribution in [1.29, 1.82) is 0 Å². The van der Waals surface area contributed by atoms with Crippen LogP contribution in [0.2, 0.25) is 0 Å². The molecule has 0 fully saturated rings. The van der Waals surface area contributed by atoms with Gasteiger partial charge in [-0.3, -0.25) is 0 Å². The minimum atomic E-state index is 0.732. The number of likely N-dealkylation sites (N-methyl/N-ethyl adjacent to an activating group) is 1. The summed E-state index contributed by atoms with van der Waals surface area (Å²) in [7, 11) is 2.12. The lowest BCUT2D eigenvalue weighted by molar-refractivity contribution is 0.463. The van der Waals surface area contributed by atoms with Gasteiger partial charge >= 0.3 is 0 Å². The van der Waals surface area contributed by atoms with Gasteiger partial charge in [-0.25, -0.2) is 0 Å². The summed E-state index contributed by atoms with van der Waals surface area (Å²) < 4.78 is 0. The molecule has 0 bridgehead atoms. The van der Waals surface area contributed by atoms with Gasteiger partial charge in [0.25, 0.3) is 0 Å². The van der Waals surface area contributed by atoms with Crippen molar-refractivity contribution in [2.75, 3.05) is 32.7 Å². The maximum atomic E-state index is 5.30. The van der Waals surface area contributed by atoms with E-state index in [9.17, 15) is 0 Å². The molecule has 0 aromatic carbocycles. The highest BCUT2D eigenvalue weighted by molar-refractivity contribution is 6.04. The van der Waals surface area contributed by atoms with Crippen molar-refractivity contribution >= 4 is 7.98 Å². The standard InChI is InChI=1S/C6H18BN3/c1-2-10(7)6-5-9-4-3-8/h9H,2-8H2,1H3. The van der Waals surface area contributed by atoms with Crippen LogP contribution in [0, 0.1) is 0 Å². The average molecular weight is 143 g/mol. The van der Waals surface area contributed by atoms with Gasteiger partial charge in [0.05, 0.1) is 0 Å². The van der Waals surface area contributed by atoms with E-state index < -0.39 is 0 Å². The number of hydrogen-bond acceptors (Lipinski definition) is 3. The molecular formula is C6H18BN3. The van der Waals surface area contributed by atoms with Crippen LogP contribution in [-0.4, -0.2) is 45.5 Å². The SMILES string of the molecule is BN(CC)CCNCCN. The molecule has 0 spiro atoms. The number of hydrogen-bond donors (Lipinski definition) is 2. The molecule has 0 aliphatic rings. The third-order valence-electron chi connectivity index (χ3n) is 1.53. The van der Waals surface area contributed by atoms with Crippen LogP contribution < -0.4 is 11.1 Å². The normalized spacial score (nSPS) is 10.7. The maximum Gasteiger partial charge on any atom is 0.185 e. The highest BCUT2D eigenvalue weighted by Crippen LogP contribution is 1.75. The fourth-order valence-corrected chi connectivity index (χ4v) is 0.655. The third kappa shape index (κ3) is 6.07. The predicted octanol–water partition coefficient (Wildman–Crippen LogP) is -1.60. The van der Waals surface area contributed by atoms with Gasteiger partial charge in [-0.15, -0.1) is 0 Å². The van der Waals surface area contributed by atoms with Gasteiger partial charge in [-0.05, 0) is 13.1 Å². The molecule has 0 aliphatic carbocycles. The molecule has 4 heteroatoms. The van der Waals surface area contributed by atoms with Gasteiger partial charge in [-0.2, -0.15) is 0 Å². The third-order valence-corrected chi connectivity index (χ3v) is 1.53. The number of rotatable bonds is 6. The molecule has 0 amide bonds. The molecule has 0 unspecified atom stereocenters. The zero-order chi connectivity index (χ0) is 7.82. The van der Waals surface area contributed by atoms with Crippen molar-refractivity contribution in [3.8, 4) is 0 Å². The van der Waals surface area contributed by atoms with Crippen LogP contribution in [0.3, 0.4) is 0 Å². The predicted molar refractivity (Wildman–Crippen MR) is 47.7 cm³/mol. The Bertz CT molecular complexity index is 70.0. The molecule has 0 saturated carbocycles. The Kier molecular flexibility index (Phi) is 7.02. The first-order valence-corrected chi connectivity index (χ1v) is 3.90. The Labute approximate surface area is 64.4 Å². The quantitative estimate of drug-likeness (QED) is 0.347. The second-order valence-corrected chi connectivity index (χ2v) is 2.43. The summed E-state index contributed by atoms with van der Waals surface area (Å²) >= 11 is 0. The summed E-state index contributed by atoms with van der Waals surface area (Å²) in [6.45, 7) is 7.08. The number of nitrogens with two attached hydrogens (primary N) is 1. The summed E-state index contributed by atoms with van der Waals surface area (Å²) in [6, 6.07) is 0. The van der Waals surface area contributed by atoms with Gasteiger partial charge in [0.2, 0.25) is 0 Å². The smallest absolute Gasteiger partial charge is 0.185 e. The van der Waals surface area contributed by atoms with E-state index in [1.54, 1.807) is 0 Å². The molecule has 0 aromatic heterocycles. The van der Waals surface area contributed by atoms with Gasteiger partial charge in [0.1, 0.15) is 0 Å². The van der Waals surface area contributed by atoms with Gasteiger partial charge in [-0.1, -0.05) is 6.92 Å². The first kappa shape index (κ1) is 9.94. The van der Waals surface area contributed by atoms with Crippen LogP contribution in [0.15, 0.2) is 0 Å². The van der Waals surface area contributed by atoms with Crippen molar-refractivity contribution in [2.45, 2.75) is 6.92 Å². The van der Waals surface area contributed by atoms with Crippen molar-refractivity contribution in [3.63, 3.8) is 0 Å². The van der Waals surface area contributed by atoms with Crippen LogP contribution in [0.5, 0.6) is 0 Å². The van der Waals surface area contributed by atoms with Crippen molar-refractivity contribution in [2.24, 2.45) is 5.73 Å². The molecule has 0 atom stereocenters. The fraction of sp³-hybridized carbons (Fsp3) is 1.00. The second kappa shape index (κ2) is 7.06. The van der Waals surface area contributed by atoms with E-state index in [4.69, 9.17) is 5.73 Å². The van der Waals surface area contributed by atoms with E-state index in [1.165, 1.54) is 0 Å². The number of nitrogens with zero attached hydrogens (tertiary/aromatic N) is 1. The Balaban J connectivity index is 2.89. The van der Waals surface area contributed by atoms with Crippen LogP contribution in [-0.2, 0) is 0 Å². The zero-order valence-electron chi connectivity index (χ0n) is 7.06. The minimum absolute atomic E-state index is 0.732.